The topological polar surface area (TPSA) is 73.6 Å². The summed E-state index contributed by atoms with van der Waals surface area (Å²) in [6, 6.07) is 18.5. The molecule has 5 heteroatoms. The second-order valence-corrected chi connectivity index (χ2v) is 4.33. The van der Waals surface area contributed by atoms with Gasteiger partial charge in [-0.3, -0.25) is 5.21 Å². The lowest BCUT2D eigenvalue weighted by atomic mass is 9.90. The number of rotatable bonds is 4. The largest absolute Gasteiger partial charge is 0.466 e. The number of carbonyl (C=O) groups is 1. The van der Waals surface area contributed by atoms with Gasteiger partial charge >= 0.3 is 5.97 Å². The molecule has 0 saturated heterocycles. The minimum absolute atomic E-state index is 0.313. The maximum atomic E-state index is 12.2. The Balaban J connectivity index is 2.62. The number of hydroxylamine groups is 1. The first kappa shape index (κ1) is 14.6. The average Bonchev–Trinajstić information content (AvgIpc) is 2.57. The fraction of sp³-hybridized carbons (Fsp3) is 0.125. The summed E-state index contributed by atoms with van der Waals surface area (Å²) in [5.41, 5.74) is -1.32. The Morgan fingerprint density at radius 3 is 2.14 bits per heavy atom. The van der Waals surface area contributed by atoms with E-state index < -0.39 is 11.5 Å². The van der Waals surface area contributed by atoms with Crippen LogP contribution < -0.4 is 5.06 Å². The van der Waals surface area contributed by atoms with Crippen molar-refractivity contribution in [2.24, 2.45) is 0 Å². The third-order valence-electron chi connectivity index (χ3n) is 3.15. The number of methoxy groups -OCH3 is 1. The lowest BCUT2D eigenvalue weighted by molar-refractivity contribution is -0.147. The molecule has 0 aliphatic heterocycles. The molecule has 0 bridgehead atoms. The van der Waals surface area contributed by atoms with Gasteiger partial charge in [0.15, 0.2) is 0 Å². The molecular formula is C16H14N2O3. The summed E-state index contributed by atoms with van der Waals surface area (Å²) < 4.78 is 4.74. The van der Waals surface area contributed by atoms with Crippen LogP contribution in [0.2, 0.25) is 0 Å². The maximum absolute atomic E-state index is 12.2. The fourth-order valence-corrected chi connectivity index (χ4v) is 2.07. The van der Waals surface area contributed by atoms with Crippen LogP contribution in [0.25, 0.3) is 0 Å². The average molecular weight is 282 g/mol. The van der Waals surface area contributed by atoms with Gasteiger partial charge in [0.2, 0.25) is 0 Å². The summed E-state index contributed by atoms with van der Waals surface area (Å²) in [6.45, 7) is 0. The number of hydrogen-bond acceptors (Lipinski definition) is 5. The number of para-hydroxylation sites is 1. The zero-order valence-corrected chi connectivity index (χ0v) is 11.4. The first-order valence-electron chi connectivity index (χ1n) is 6.26. The third kappa shape index (κ3) is 2.45. The standard InChI is InChI=1S/C16H14N2O3/c1-21-15(19)16(12-17,13-8-4-2-5-9-13)18(20)14-10-6-3-7-11-14/h2-11,20H,1H3. The predicted molar refractivity (Wildman–Crippen MR) is 76.5 cm³/mol. The highest BCUT2D eigenvalue weighted by Crippen LogP contribution is 2.32. The van der Waals surface area contributed by atoms with Crippen LogP contribution in [-0.4, -0.2) is 18.3 Å². The molecule has 1 atom stereocenters. The molecule has 21 heavy (non-hydrogen) atoms. The molecule has 1 unspecified atom stereocenters. The highest BCUT2D eigenvalue weighted by atomic mass is 16.5. The van der Waals surface area contributed by atoms with Gasteiger partial charge in [0.25, 0.3) is 5.54 Å². The van der Waals surface area contributed by atoms with Crippen molar-refractivity contribution < 1.29 is 14.7 Å². The van der Waals surface area contributed by atoms with Crippen LogP contribution in [-0.2, 0) is 15.1 Å². The molecule has 0 aliphatic carbocycles. The van der Waals surface area contributed by atoms with E-state index in [4.69, 9.17) is 4.74 Å². The van der Waals surface area contributed by atoms with Crippen LogP contribution in [0.15, 0.2) is 60.7 Å². The highest BCUT2D eigenvalue weighted by molar-refractivity contribution is 5.89. The SMILES string of the molecule is COC(=O)C(C#N)(c1ccccc1)N(O)c1ccccc1. The number of nitriles is 1. The summed E-state index contributed by atoms with van der Waals surface area (Å²) in [4.78, 5) is 12.2. The van der Waals surface area contributed by atoms with Gasteiger partial charge in [-0.2, -0.15) is 5.26 Å². The van der Waals surface area contributed by atoms with E-state index in [9.17, 15) is 15.3 Å². The number of carbonyl (C=O) groups excluding carboxylic acids is 1. The highest BCUT2D eigenvalue weighted by Gasteiger charge is 2.48. The number of hydrogen-bond donors (Lipinski definition) is 1. The molecule has 0 aliphatic rings. The van der Waals surface area contributed by atoms with Crippen molar-refractivity contribution in [3.05, 3.63) is 66.2 Å². The molecule has 0 aromatic heterocycles. The Morgan fingerprint density at radius 2 is 1.67 bits per heavy atom. The quantitative estimate of drug-likeness (QED) is 0.689. The normalized spacial score (nSPS) is 12.8. The molecule has 0 radical (unpaired) electrons. The molecule has 2 aromatic rings. The van der Waals surface area contributed by atoms with Crippen molar-refractivity contribution in [3.63, 3.8) is 0 Å². The number of benzene rings is 2. The zero-order valence-electron chi connectivity index (χ0n) is 11.4. The van der Waals surface area contributed by atoms with Crippen LogP contribution in [0.1, 0.15) is 5.56 Å². The molecule has 0 heterocycles. The molecular weight excluding hydrogens is 268 g/mol. The summed E-state index contributed by atoms with van der Waals surface area (Å²) in [5, 5.41) is 20.7. The molecule has 2 rings (SSSR count). The van der Waals surface area contributed by atoms with Crippen molar-refractivity contribution >= 4 is 11.7 Å². The van der Waals surface area contributed by atoms with Gasteiger partial charge < -0.3 is 4.74 Å². The van der Waals surface area contributed by atoms with Crippen molar-refractivity contribution in [1.29, 1.82) is 5.26 Å². The smallest absolute Gasteiger partial charge is 0.353 e. The second kappa shape index (κ2) is 6.07. The molecule has 1 N–H and O–H groups in total. The summed E-state index contributed by atoms with van der Waals surface area (Å²) in [6.07, 6.45) is 0. The van der Waals surface area contributed by atoms with E-state index in [1.54, 1.807) is 60.7 Å². The van der Waals surface area contributed by atoms with Crippen LogP contribution in [0.3, 0.4) is 0 Å². The van der Waals surface area contributed by atoms with Crippen LogP contribution in [0.5, 0.6) is 0 Å². The lowest BCUT2D eigenvalue weighted by Crippen LogP contribution is -2.50. The van der Waals surface area contributed by atoms with Crippen molar-refractivity contribution in [2.75, 3.05) is 12.2 Å². The summed E-state index contributed by atoms with van der Waals surface area (Å²) in [7, 11) is 1.18. The first-order valence-corrected chi connectivity index (χ1v) is 6.26. The Labute approximate surface area is 122 Å². The van der Waals surface area contributed by atoms with Crippen molar-refractivity contribution in [2.45, 2.75) is 5.54 Å². The van der Waals surface area contributed by atoms with E-state index in [-0.39, 0.29) is 0 Å². The predicted octanol–water partition coefficient (Wildman–Crippen LogP) is 2.47. The molecule has 5 nitrogen and oxygen atoms in total. The van der Waals surface area contributed by atoms with Gasteiger partial charge in [-0.15, -0.1) is 0 Å². The number of anilines is 1. The number of nitrogens with zero attached hydrogens (tertiary/aromatic N) is 2. The molecule has 0 fully saturated rings. The van der Waals surface area contributed by atoms with E-state index in [1.807, 2.05) is 6.07 Å². The molecule has 0 saturated carbocycles. The van der Waals surface area contributed by atoms with E-state index in [2.05, 4.69) is 0 Å². The van der Waals surface area contributed by atoms with Crippen LogP contribution in [0.4, 0.5) is 5.69 Å². The Morgan fingerprint density at radius 1 is 1.14 bits per heavy atom. The van der Waals surface area contributed by atoms with E-state index in [1.165, 1.54) is 7.11 Å². The minimum Gasteiger partial charge on any atom is -0.466 e. The van der Waals surface area contributed by atoms with Gasteiger partial charge in [0, 0.05) is 5.56 Å². The molecule has 0 spiro atoms. The first-order chi connectivity index (χ1) is 10.2. The van der Waals surface area contributed by atoms with Crippen molar-refractivity contribution in [1.82, 2.24) is 0 Å². The van der Waals surface area contributed by atoms with Gasteiger partial charge in [0.05, 0.1) is 12.8 Å². The molecule has 0 amide bonds. The summed E-state index contributed by atoms with van der Waals surface area (Å²) in [5.74, 6) is -0.859. The number of ether oxygens (including phenoxy) is 1. The minimum atomic E-state index is -1.96. The third-order valence-corrected chi connectivity index (χ3v) is 3.15. The van der Waals surface area contributed by atoms with Gasteiger partial charge in [-0.1, -0.05) is 48.5 Å². The van der Waals surface area contributed by atoms with Gasteiger partial charge in [-0.25, -0.2) is 9.86 Å². The van der Waals surface area contributed by atoms with Gasteiger partial charge in [-0.05, 0) is 12.1 Å². The zero-order chi connectivity index (χ0) is 15.3. The maximum Gasteiger partial charge on any atom is 0.353 e. The van der Waals surface area contributed by atoms with Crippen LogP contribution in [0, 0.1) is 11.3 Å². The molecule has 106 valence electrons. The fourth-order valence-electron chi connectivity index (χ4n) is 2.07. The van der Waals surface area contributed by atoms with E-state index >= 15 is 0 Å². The van der Waals surface area contributed by atoms with Crippen LogP contribution >= 0.6 is 0 Å². The monoisotopic (exact) mass is 282 g/mol. The van der Waals surface area contributed by atoms with E-state index in [0.717, 1.165) is 0 Å². The molecule has 2 aromatic carbocycles. The van der Waals surface area contributed by atoms with Crippen molar-refractivity contribution in [3.8, 4) is 6.07 Å². The lowest BCUT2D eigenvalue weighted by Gasteiger charge is -2.33. The number of esters is 1. The van der Waals surface area contributed by atoms with Gasteiger partial charge in [0.1, 0.15) is 6.07 Å². The second-order valence-electron chi connectivity index (χ2n) is 4.33. The Hall–Kier alpha value is -2.84. The Kier molecular flexibility index (Phi) is 4.21. The Bertz CT molecular complexity index is 652. The summed E-state index contributed by atoms with van der Waals surface area (Å²) >= 11 is 0. The van der Waals surface area contributed by atoms with E-state index in [0.29, 0.717) is 16.3 Å².